The number of carbonyl (C=O) groups is 2. The van der Waals surface area contributed by atoms with E-state index in [9.17, 15) is 18.0 Å². The minimum atomic E-state index is -3.78. The van der Waals surface area contributed by atoms with Gasteiger partial charge in [-0.05, 0) is 60.6 Å². The number of amides is 2. The molecule has 8 nitrogen and oxygen atoms in total. The van der Waals surface area contributed by atoms with Crippen molar-refractivity contribution in [2.75, 3.05) is 24.2 Å². The summed E-state index contributed by atoms with van der Waals surface area (Å²) in [5.74, 6) is -0.0737. The van der Waals surface area contributed by atoms with Crippen LogP contribution in [-0.4, -0.2) is 57.1 Å². The molecule has 2 amide bonds. The van der Waals surface area contributed by atoms with Crippen molar-refractivity contribution in [3.05, 3.63) is 59.7 Å². The summed E-state index contributed by atoms with van der Waals surface area (Å²) in [5.41, 5.74) is 2.13. The molecule has 38 heavy (non-hydrogen) atoms. The molecule has 9 heteroatoms. The van der Waals surface area contributed by atoms with E-state index in [4.69, 9.17) is 4.74 Å². The summed E-state index contributed by atoms with van der Waals surface area (Å²) >= 11 is 0. The Morgan fingerprint density at radius 2 is 1.71 bits per heavy atom. The summed E-state index contributed by atoms with van der Waals surface area (Å²) in [4.78, 5) is 28.4. The van der Waals surface area contributed by atoms with Crippen LogP contribution in [0.15, 0.2) is 48.5 Å². The molecular weight excluding hydrogens is 502 g/mol. The van der Waals surface area contributed by atoms with Gasteiger partial charge < -0.3 is 15.0 Å². The number of anilines is 1. The first-order valence-corrected chi connectivity index (χ1v) is 15.0. The number of nitrogens with zero attached hydrogens (tertiary/aromatic N) is 2. The third kappa shape index (κ3) is 7.72. The molecule has 0 heterocycles. The lowest BCUT2D eigenvalue weighted by atomic mass is 9.87. The van der Waals surface area contributed by atoms with Gasteiger partial charge in [-0.3, -0.25) is 13.9 Å². The number of benzene rings is 2. The zero-order valence-corrected chi connectivity index (χ0v) is 24.2. The SMILES string of the molecule is COc1cccc(CN(C(=O)CN(c2ccc(C(C)(C)C)cc2)S(C)(=O)=O)[C@@H](C)C(=O)NC2CCCC2)c1. The van der Waals surface area contributed by atoms with E-state index in [0.717, 1.165) is 47.4 Å². The molecule has 1 aliphatic carbocycles. The number of ether oxygens (including phenoxy) is 1. The summed E-state index contributed by atoms with van der Waals surface area (Å²) < 4.78 is 32.0. The first-order valence-electron chi connectivity index (χ1n) is 13.1. The Balaban J connectivity index is 1.89. The topological polar surface area (TPSA) is 96.0 Å². The second-order valence-electron chi connectivity index (χ2n) is 11.1. The van der Waals surface area contributed by atoms with Crippen molar-refractivity contribution < 1.29 is 22.7 Å². The van der Waals surface area contributed by atoms with Crippen LogP contribution in [-0.2, 0) is 31.6 Å². The van der Waals surface area contributed by atoms with Gasteiger partial charge in [0.05, 0.1) is 19.1 Å². The Morgan fingerprint density at radius 1 is 1.08 bits per heavy atom. The van der Waals surface area contributed by atoms with E-state index < -0.39 is 28.5 Å². The Morgan fingerprint density at radius 3 is 2.26 bits per heavy atom. The number of sulfonamides is 1. The average molecular weight is 544 g/mol. The molecule has 0 aromatic heterocycles. The summed E-state index contributed by atoms with van der Waals surface area (Å²) in [6.45, 7) is 7.64. The largest absolute Gasteiger partial charge is 0.497 e. The molecule has 2 aromatic rings. The van der Waals surface area contributed by atoms with Crippen molar-refractivity contribution >= 4 is 27.5 Å². The molecular formula is C29H41N3O5S. The van der Waals surface area contributed by atoms with E-state index in [1.54, 1.807) is 38.3 Å². The summed E-state index contributed by atoms with van der Waals surface area (Å²) in [5, 5.41) is 3.07. The summed E-state index contributed by atoms with van der Waals surface area (Å²) in [6, 6.07) is 13.8. The Bertz CT molecular complexity index is 1220. The molecule has 0 radical (unpaired) electrons. The summed E-state index contributed by atoms with van der Waals surface area (Å²) in [6.07, 6.45) is 5.08. The van der Waals surface area contributed by atoms with Gasteiger partial charge in [-0.25, -0.2) is 8.42 Å². The van der Waals surface area contributed by atoms with E-state index in [0.29, 0.717) is 11.4 Å². The van der Waals surface area contributed by atoms with E-state index in [-0.39, 0.29) is 23.9 Å². The van der Waals surface area contributed by atoms with Gasteiger partial charge in [0.15, 0.2) is 0 Å². The third-order valence-corrected chi connectivity index (χ3v) is 8.20. The normalized spacial score (nSPS) is 15.1. The van der Waals surface area contributed by atoms with Crippen LogP contribution in [0, 0.1) is 0 Å². The van der Waals surface area contributed by atoms with Crippen LogP contribution < -0.4 is 14.4 Å². The number of nitrogens with one attached hydrogen (secondary N) is 1. The van der Waals surface area contributed by atoms with Gasteiger partial charge in [0.2, 0.25) is 21.8 Å². The van der Waals surface area contributed by atoms with Gasteiger partial charge >= 0.3 is 0 Å². The maximum atomic E-state index is 13.8. The Kier molecular flexibility index (Phi) is 9.46. The van der Waals surface area contributed by atoms with Gasteiger partial charge in [-0.1, -0.05) is 57.9 Å². The monoisotopic (exact) mass is 543 g/mol. The van der Waals surface area contributed by atoms with Crippen molar-refractivity contribution in [1.82, 2.24) is 10.2 Å². The molecule has 0 bridgehead atoms. The second-order valence-corrected chi connectivity index (χ2v) is 13.0. The van der Waals surface area contributed by atoms with Gasteiger partial charge in [0.1, 0.15) is 18.3 Å². The maximum Gasteiger partial charge on any atom is 0.244 e. The molecule has 1 N–H and O–H groups in total. The molecule has 0 unspecified atom stereocenters. The average Bonchev–Trinajstić information content (AvgIpc) is 3.37. The first-order chi connectivity index (χ1) is 17.8. The number of hydrogen-bond acceptors (Lipinski definition) is 5. The highest BCUT2D eigenvalue weighted by Crippen LogP contribution is 2.26. The van der Waals surface area contributed by atoms with Crippen LogP contribution in [0.5, 0.6) is 5.75 Å². The van der Waals surface area contributed by atoms with Crippen LogP contribution in [0.3, 0.4) is 0 Å². The van der Waals surface area contributed by atoms with Crippen LogP contribution in [0.2, 0.25) is 0 Å². The Hall–Kier alpha value is -3.07. The smallest absolute Gasteiger partial charge is 0.244 e. The molecule has 1 aliphatic rings. The van der Waals surface area contributed by atoms with E-state index in [2.05, 4.69) is 26.1 Å². The fraction of sp³-hybridized carbons (Fsp3) is 0.517. The fourth-order valence-corrected chi connectivity index (χ4v) is 5.53. The highest BCUT2D eigenvalue weighted by Gasteiger charge is 2.31. The standard InChI is InChI=1S/C29H41N3O5S/c1-21(28(34)30-24-11-7-8-12-24)31(19-22-10-9-13-26(18-22)37-5)27(33)20-32(38(6,35)36)25-16-14-23(15-17-25)29(2,3)4/h9-10,13-18,21,24H,7-8,11-12,19-20H2,1-6H3,(H,30,34)/t21-/m0/s1. The van der Waals surface area contributed by atoms with Gasteiger partial charge in [-0.2, -0.15) is 0 Å². The lowest BCUT2D eigenvalue weighted by Gasteiger charge is -2.32. The molecule has 1 saturated carbocycles. The third-order valence-electron chi connectivity index (χ3n) is 7.06. The van der Waals surface area contributed by atoms with Gasteiger partial charge in [0, 0.05) is 12.6 Å². The van der Waals surface area contributed by atoms with Crippen LogP contribution in [0.1, 0.15) is 64.5 Å². The van der Waals surface area contributed by atoms with E-state index >= 15 is 0 Å². The molecule has 208 valence electrons. The van der Waals surface area contributed by atoms with E-state index in [1.807, 2.05) is 24.3 Å². The minimum absolute atomic E-state index is 0.0973. The predicted molar refractivity (Wildman–Crippen MR) is 151 cm³/mol. The molecule has 0 saturated heterocycles. The van der Waals surface area contributed by atoms with Gasteiger partial charge in [-0.15, -0.1) is 0 Å². The van der Waals surface area contributed by atoms with Crippen molar-refractivity contribution in [3.63, 3.8) is 0 Å². The maximum absolute atomic E-state index is 13.8. The quantitative estimate of drug-likeness (QED) is 0.484. The van der Waals surface area contributed by atoms with Crippen molar-refractivity contribution in [2.24, 2.45) is 0 Å². The first kappa shape index (κ1) is 29.5. The predicted octanol–water partition coefficient (Wildman–Crippen LogP) is 4.23. The summed E-state index contributed by atoms with van der Waals surface area (Å²) in [7, 11) is -2.21. The molecule has 0 aliphatic heterocycles. The molecule has 1 fully saturated rings. The molecule has 2 aromatic carbocycles. The lowest BCUT2D eigenvalue weighted by Crippen LogP contribution is -2.52. The van der Waals surface area contributed by atoms with Crippen molar-refractivity contribution in [1.29, 1.82) is 0 Å². The second kappa shape index (κ2) is 12.2. The zero-order chi connectivity index (χ0) is 28.1. The number of carbonyl (C=O) groups excluding carboxylic acids is 2. The number of methoxy groups -OCH3 is 1. The van der Waals surface area contributed by atoms with Crippen LogP contribution >= 0.6 is 0 Å². The van der Waals surface area contributed by atoms with E-state index in [1.165, 1.54) is 4.90 Å². The zero-order valence-electron chi connectivity index (χ0n) is 23.4. The highest BCUT2D eigenvalue weighted by molar-refractivity contribution is 7.92. The van der Waals surface area contributed by atoms with Crippen molar-refractivity contribution in [2.45, 2.75) is 77.4 Å². The fourth-order valence-electron chi connectivity index (χ4n) is 4.68. The van der Waals surface area contributed by atoms with Crippen LogP contribution in [0.4, 0.5) is 5.69 Å². The molecule has 3 rings (SSSR count). The number of hydrogen-bond donors (Lipinski definition) is 1. The molecule has 1 atom stereocenters. The van der Waals surface area contributed by atoms with Gasteiger partial charge in [0.25, 0.3) is 0 Å². The highest BCUT2D eigenvalue weighted by atomic mass is 32.2. The number of rotatable bonds is 10. The lowest BCUT2D eigenvalue weighted by molar-refractivity contribution is -0.139. The minimum Gasteiger partial charge on any atom is -0.497 e. The van der Waals surface area contributed by atoms with Crippen molar-refractivity contribution in [3.8, 4) is 5.75 Å². The van der Waals surface area contributed by atoms with Crippen LogP contribution in [0.25, 0.3) is 0 Å². The molecule has 0 spiro atoms. The Labute approximate surface area is 227 Å².